The van der Waals surface area contributed by atoms with Gasteiger partial charge < -0.3 is 5.11 Å². The fraction of sp³-hybridized carbons (Fsp3) is 0.700. The SMILES string of the molecule is CCC[C@@H](O)C1=CC(=O)CCC1. The second-order valence-corrected chi connectivity index (χ2v) is 3.34. The van der Waals surface area contributed by atoms with Crippen molar-refractivity contribution in [2.45, 2.75) is 45.1 Å². The summed E-state index contributed by atoms with van der Waals surface area (Å²) in [5, 5.41) is 9.57. The molecule has 0 spiro atoms. The molecule has 1 N–H and O–H groups in total. The third-order valence-corrected chi connectivity index (χ3v) is 2.23. The molecule has 0 amide bonds. The first-order valence-electron chi connectivity index (χ1n) is 4.65. The van der Waals surface area contributed by atoms with Crippen LogP contribution in [0.25, 0.3) is 0 Å². The van der Waals surface area contributed by atoms with Crippen molar-refractivity contribution in [3.8, 4) is 0 Å². The van der Waals surface area contributed by atoms with Gasteiger partial charge in [-0.2, -0.15) is 0 Å². The Morgan fingerprint density at radius 2 is 2.33 bits per heavy atom. The summed E-state index contributed by atoms with van der Waals surface area (Å²) in [5.74, 6) is 0.173. The average molecular weight is 168 g/mol. The van der Waals surface area contributed by atoms with E-state index in [0.717, 1.165) is 31.3 Å². The number of aliphatic hydroxyl groups excluding tert-OH is 1. The van der Waals surface area contributed by atoms with Crippen molar-refractivity contribution in [2.75, 3.05) is 0 Å². The maximum absolute atomic E-state index is 11.0. The van der Waals surface area contributed by atoms with E-state index < -0.39 is 0 Å². The number of carbonyl (C=O) groups is 1. The van der Waals surface area contributed by atoms with E-state index in [1.165, 1.54) is 0 Å². The first-order valence-corrected chi connectivity index (χ1v) is 4.65. The van der Waals surface area contributed by atoms with Gasteiger partial charge in [0.1, 0.15) is 0 Å². The van der Waals surface area contributed by atoms with Crippen LogP contribution in [0.2, 0.25) is 0 Å². The van der Waals surface area contributed by atoms with Gasteiger partial charge in [0.15, 0.2) is 5.78 Å². The fourth-order valence-electron chi connectivity index (χ4n) is 1.54. The standard InChI is InChI=1S/C10H16O2/c1-2-4-10(12)8-5-3-6-9(11)7-8/h7,10,12H,2-6H2,1H3/t10-/m1/s1. The van der Waals surface area contributed by atoms with Crippen LogP contribution in [0.3, 0.4) is 0 Å². The Morgan fingerprint density at radius 1 is 1.58 bits per heavy atom. The number of hydrogen-bond acceptors (Lipinski definition) is 2. The zero-order chi connectivity index (χ0) is 8.97. The van der Waals surface area contributed by atoms with Crippen LogP contribution < -0.4 is 0 Å². The van der Waals surface area contributed by atoms with E-state index in [1.807, 2.05) is 6.92 Å². The van der Waals surface area contributed by atoms with Gasteiger partial charge in [-0.1, -0.05) is 13.3 Å². The van der Waals surface area contributed by atoms with Crippen LogP contribution in [0.5, 0.6) is 0 Å². The second kappa shape index (κ2) is 4.41. The number of hydrogen-bond donors (Lipinski definition) is 1. The second-order valence-electron chi connectivity index (χ2n) is 3.34. The van der Waals surface area contributed by atoms with Gasteiger partial charge >= 0.3 is 0 Å². The molecular formula is C10H16O2. The molecule has 0 aliphatic heterocycles. The highest BCUT2D eigenvalue weighted by Gasteiger charge is 2.15. The Kier molecular flexibility index (Phi) is 3.48. The smallest absolute Gasteiger partial charge is 0.155 e. The number of carbonyl (C=O) groups excluding carboxylic acids is 1. The number of allylic oxidation sites excluding steroid dienone is 1. The monoisotopic (exact) mass is 168 g/mol. The van der Waals surface area contributed by atoms with Gasteiger partial charge in [-0.05, 0) is 30.9 Å². The maximum Gasteiger partial charge on any atom is 0.155 e. The Morgan fingerprint density at radius 3 is 2.92 bits per heavy atom. The van der Waals surface area contributed by atoms with E-state index in [1.54, 1.807) is 6.08 Å². The lowest BCUT2D eigenvalue weighted by atomic mass is 9.93. The summed E-state index contributed by atoms with van der Waals surface area (Å²) in [4.78, 5) is 11.0. The Hall–Kier alpha value is -0.630. The van der Waals surface area contributed by atoms with E-state index in [0.29, 0.717) is 6.42 Å². The summed E-state index contributed by atoms with van der Waals surface area (Å²) in [5.41, 5.74) is 0.938. The molecule has 1 atom stereocenters. The van der Waals surface area contributed by atoms with Crippen LogP contribution >= 0.6 is 0 Å². The van der Waals surface area contributed by atoms with E-state index in [9.17, 15) is 9.90 Å². The van der Waals surface area contributed by atoms with Crippen molar-refractivity contribution in [1.29, 1.82) is 0 Å². The molecular weight excluding hydrogens is 152 g/mol. The van der Waals surface area contributed by atoms with Crippen LogP contribution in [-0.4, -0.2) is 17.0 Å². The minimum atomic E-state index is -0.376. The number of rotatable bonds is 3. The molecule has 68 valence electrons. The molecule has 0 saturated carbocycles. The van der Waals surface area contributed by atoms with Crippen molar-refractivity contribution >= 4 is 5.78 Å². The zero-order valence-electron chi connectivity index (χ0n) is 7.55. The van der Waals surface area contributed by atoms with Crippen LogP contribution in [0.4, 0.5) is 0 Å². The molecule has 0 aromatic carbocycles. The van der Waals surface area contributed by atoms with Crippen LogP contribution in [0.1, 0.15) is 39.0 Å². The summed E-state index contributed by atoms with van der Waals surface area (Å²) in [6.45, 7) is 2.04. The molecule has 1 rings (SSSR count). The molecule has 2 nitrogen and oxygen atoms in total. The van der Waals surface area contributed by atoms with E-state index in [2.05, 4.69) is 0 Å². The summed E-state index contributed by atoms with van der Waals surface area (Å²) in [6.07, 6.45) is 5.45. The first kappa shape index (κ1) is 9.46. The molecule has 0 aromatic heterocycles. The number of ketones is 1. The largest absolute Gasteiger partial charge is 0.389 e. The van der Waals surface area contributed by atoms with Gasteiger partial charge in [0, 0.05) is 6.42 Å². The molecule has 0 fully saturated rings. The van der Waals surface area contributed by atoms with Gasteiger partial charge in [0.25, 0.3) is 0 Å². The predicted octanol–water partition coefficient (Wildman–Crippen LogP) is 1.83. The van der Waals surface area contributed by atoms with Gasteiger partial charge in [-0.3, -0.25) is 4.79 Å². The first-order chi connectivity index (χ1) is 5.74. The zero-order valence-corrected chi connectivity index (χ0v) is 7.55. The molecule has 0 bridgehead atoms. The van der Waals surface area contributed by atoms with Crippen molar-refractivity contribution in [1.82, 2.24) is 0 Å². The van der Waals surface area contributed by atoms with E-state index in [-0.39, 0.29) is 11.9 Å². The van der Waals surface area contributed by atoms with Crippen molar-refractivity contribution in [2.24, 2.45) is 0 Å². The highest BCUT2D eigenvalue weighted by Crippen LogP contribution is 2.20. The minimum absolute atomic E-state index is 0.173. The highest BCUT2D eigenvalue weighted by molar-refractivity contribution is 5.91. The highest BCUT2D eigenvalue weighted by atomic mass is 16.3. The molecule has 1 aliphatic carbocycles. The molecule has 0 heterocycles. The van der Waals surface area contributed by atoms with E-state index in [4.69, 9.17) is 0 Å². The summed E-state index contributed by atoms with van der Waals surface area (Å²) < 4.78 is 0. The van der Waals surface area contributed by atoms with E-state index >= 15 is 0 Å². The third kappa shape index (κ3) is 2.45. The summed E-state index contributed by atoms with van der Waals surface area (Å²) in [7, 11) is 0. The topological polar surface area (TPSA) is 37.3 Å². The van der Waals surface area contributed by atoms with Gasteiger partial charge in [0.2, 0.25) is 0 Å². The molecule has 12 heavy (non-hydrogen) atoms. The lowest BCUT2D eigenvalue weighted by molar-refractivity contribution is -0.115. The molecule has 0 aromatic rings. The third-order valence-electron chi connectivity index (χ3n) is 2.23. The molecule has 0 unspecified atom stereocenters. The Bertz CT molecular complexity index is 194. The quantitative estimate of drug-likeness (QED) is 0.698. The van der Waals surface area contributed by atoms with Crippen molar-refractivity contribution < 1.29 is 9.90 Å². The predicted molar refractivity (Wildman–Crippen MR) is 47.9 cm³/mol. The van der Waals surface area contributed by atoms with Crippen LogP contribution in [0, 0.1) is 0 Å². The molecule has 2 heteroatoms. The Labute approximate surface area is 73.3 Å². The van der Waals surface area contributed by atoms with Crippen molar-refractivity contribution in [3.05, 3.63) is 11.6 Å². The van der Waals surface area contributed by atoms with Gasteiger partial charge in [0.05, 0.1) is 6.10 Å². The normalized spacial score (nSPS) is 20.5. The van der Waals surface area contributed by atoms with Crippen LogP contribution in [-0.2, 0) is 4.79 Å². The molecule has 1 aliphatic rings. The molecule has 0 saturated heterocycles. The number of aliphatic hydroxyl groups is 1. The van der Waals surface area contributed by atoms with Gasteiger partial charge in [-0.25, -0.2) is 0 Å². The summed E-state index contributed by atoms with van der Waals surface area (Å²) in [6, 6.07) is 0. The lowest BCUT2D eigenvalue weighted by Crippen LogP contribution is -2.15. The minimum Gasteiger partial charge on any atom is -0.389 e. The van der Waals surface area contributed by atoms with Crippen molar-refractivity contribution in [3.63, 3.8) is 0 Å². The lowest BCUT2D eigenvalue weighted by Gasteiger charge is -2.17. The summed E-state index contributed by atoms with van der Waals surface area (Å²) >= 11 is 0. The van der Waals surface area contributed by atoms with Gasteiger partial charge in [-0.15, -0.1) is 0 Å². The molecule has 0 radical (unpaired) electrons. The maximum atomic E-state index is 11.0. The average Bonchev–Trinajstić information content (AvgIpc) is 2.05. The fourth-order valence-corrected chi connectivity index (χ4v) is 1.54. The Balaban J connectivity index is 2.54. The van der Waals surface area contributed by atoms with Crippen LogP contribution in [0.15, 0.2) is 11.6 Å².